The van der Waals surface area contributed by atoms with Crippen molar-refractivity contribution in [3.63, 3.8) is 0 Å². The number of allylic oxidation sites excluding steroid dienone is 3. The van der Waals surface area contributed by atoms with Crippen molar-refractivity contribution >= 4 is 23.0 Å². The summed E-state index contributed by atoms with van der Waals surface area (Å²) in [5.74, 6) is -0.601. The van der Waals surface area contributed by atoms with E-state index in [2.05, 4.69) is 0 Å². The van der Waals surface area contributed by atoms with E-state index in [-0.39, 0.29) is 17.0 Å². The van der Waals surface area contributed by atoms with Crippen LogP contribution < -0.4 is 0 Å². The molecule has 4 heteroatoms. The van der Waals surface area contributed by atoms with Crippen molar-refractivity contribution in [1.82, 2.24) is 0 Å². The normalized spacial score (nSPS) is 14.0. The molecule has 0 spiro atoms. The van der Waals surface area contributed by atoms with Crippen molar-refractivity contribution in [2.75, 3.05) is 7.11 Å². The van der Waals surface area contributed by atoms with Gasteiger partial charge in [-0.3, -0.25) is 10.8 Å². The van der Waals surface area contributed by atoms with Crippen LogP contribution in [0.25, 0.3) is 16.7 Å². The third kappa shape index (κ3) is 2.94. The Morgan fingerprint density at radius 1 is 0.833 bits per heavy atom. The molecule has 0 saturated heterocycles. The molecule has 118 valence electrons. The van der Waals surface area contributed by atoms with Crippen LogP contribution in [0.4, 0.5) is 0 Å². The second kappa shape index (κ2) is 6.46. The number of nitrogens with one attached hydrogen (secondary N) is 2. The van der Waals surface area contributed by atoms with Crippen LogP contribution in [0.5, 0.6) is 0 Å². The fourth-order valence-corrected chi connectivity index (χ4v) is 2.57. The highest BCUT2D eigenvalue weighted by Gasteiger charge is 2.23. The van der Waals surface area contributed by atoms with Gasteiger partial charge in [-0.15, -0.1) is 0 Å². The van der Waals surface area contributed by atoms with Crippen LogP contribution in [0.1, 0.15) is 5.56 Å². The van der Waals surface area contributed by atoms with E-state index < -0.39 is 5.97 Å². The van der Waals surface area contributed by atoms with Crippen molar-refractivity contribution in [3.05, 3.63) is 77.9 Å². The number of hydrogen-bond donors (Lipinski definition) is 2. The van der Waals surface area contributed by atoms with Gasteiger partial charge in [-0.1, -0.05) is 54.6 Å². The first-order valence-corrected chi connectivity index (χ1v) is 7.45. The molecule has 1 aliphatic carbocycles. The maximum Gasteiger partial charge on any atom is 0.340 e. The summed E-state index contributed by atoms with van der Waals surface area (Å²) in [6.07, 6.45) is 3.19. The summed E-state index contributed by atoms with van der Waals surface area (Å²) in [5.41, 5.74) is 3.81. The summed E-state index contributed by atoms with van der Waals surface area (Å²) >= 11 is 0. The Balaban J connectivity index is 1.95. The van der Waals surface area contributed by atoms with Crippen molar-refractivity contribution in [1.29, 1.82) is 10.8 Å². The van der Waals surface area contributed by atoms with Crippen LogP contribution in [0, 0.1) is 10.8 Å². The van der Waals surface area contributed by atoms with Crippen LogP contribution >= 0.6 is 0 Å². The molecule has 2 N–H and O–H groups in total. The number of methoxy groups -OCH3 is 1. The second-order valence-electron chi connectivity index (χ2n) is 5.38. The van der Waals surface area contributed by atoms with E-state index >= 15 is 0 Å². The first kappa shape index (κ1) is 15.6. The van der Waals surface area contributed by atoms with Gasteiger partial charge in [0.1, 0.15) is 0 Å². The van der Waals surface area contributed by atoms with E-state index in [0.717, 1.165) is 22.3 Å². The topological polar surface area (TPSA) is 74.0 Å². The van der Waals surface area contributed by atoms with Gasteiger partial charge < -0.3 is 4.74 Å². The Kier molecular flexibility index (Phi) is 4.20. The van der Waals surface area contributed by atoms with Gasteiger partial charge in [0.2, 0.25) is 0 Å². The van der Waals surface area contributed by atoms with Gasteiger partial charge in [-0.2, -0.15) is 0 Å². The van der Waals surface area contributed by atoms with Gasteiger partial charge in [0, 0.05) is 0 Å². The average molecular weight is 316 g/mol. The molecule has 0 bridgehead atoms. The maximum absolute atomic E-state index is 11.8. The van der Waals surface area contributed by atoms with Crippen molar-refractivity contribution in [3.8, 4) is 11.1 Å². The van der Waals surface area contributed by atoms with E-state index in [1.807, 2.05) is 54.6 Å². The quantitative estimate of drug-likeness (QED) is 0.666. The van der Waals surface area contributed by atoms with Crippen LogP contribution in [0.3, 0.4) is 0 Å². The van der Waals surface area contributed by atoms with E-state index in [1.165, 1.54) is 7.11 Å². The Bertz CT molecular complexity index is 876. The van der Waals surface area contributed by atoms with Gasteiger partial charge in [0.15, 0.2) is 0 Å². The molecule has 0 aliphatic heterocycles. The third-order valence-electron chi connectivity index (χ3n) is 3.87. The highest BCUT2D eigenvalue weighted by atomic mass is 16.5. The predicted octanol–water partition coefficient (Wildman–Crippen LogP) is 3.89. The molecule has 0 fully saturated rings. The molecular formula is C20H16N2O2. The van der Waals surface area contributed by atoms with Crippen molar-refractivity contribution in [2.24, 2.45) is 0 Å². The van der Waals surface area contributed by atoms with Gasteiger partial charge in [0.25, 0.3) is 0 Å². The highest BCUT2D eigenvalue weighted by molar-refractivity contribution is 6.56. The monoisotopic (exact) mass is 316 g/mol. The molecule has 0 aromatic heterocycles. The molecular weight excluding hydrogens is 300 g/mol. The van der Waals surface area contributed by atoms with Gasteiger partial charge in [-0.05, 0) is 34.4 Å². The minimum absolute atomic E-state index is 0.0000332. The molecule has 0 amide bonds. The Labute approximate surface area is 140 Å². The van der Waals surface area contributed by atoms with E-state index in [1.54, 1.807) is 12.2 Å². The standard InChI is InChI=1S/C20H16N2O2/c1-24-20(23)17-11-16(12-18(21)19(17)22)15-9-7-14(8-10-15)13-5-3-2-4-6-13/h2-12,21-22H,1H3. The Hall–Kier alpha value is -3.27. The first-order chi connectivity index (χ1) is 11.6. The van der Waals surface area contributed by atoms with E-state index in [0.29, 0.717) is 0 Å². The van der Waals surface area contributed by atoms with Crippen LogP contribution in [-0.2, 0) is 9.53 Å². The van der Waals surface area contributed by atoms with Crippen molar-refractivity contribution in [2.45, 2.75) is 0 Å². The zero-order valence-electron chi connectivity index (χ0n) is 13.2. The summed E-state index contributed by atoms with van der Waals surface area (Å²) in [6.45, 7) is 0. The number of carbonyl (C=O) groups excluding carboxylic acids is 1. The predicted molar refractivity (Wildman–Crippen MR) is 95.4 cm³/mol. The zero-order valence-corrected chi connectivity index (χ0v) is 13.2. The lowest BCUT2D eigenvalue weighted by Crippen LogP contribution is -2.23. The van der Waals surface area contributed by atoms with E-state index in [4.69, 9.17) is 15.6 Å². The molecule has 2 aromatic carbocycles. The molecule has 0 atom stereocenters. The molecule has 4 nitrogen and oxygen atoms in total. The Morgan fingerprint density at radius 2 is 1.42 bits per heavy atom. The smallest absolute Gasteiger partial charge is 0.340 e. The number of benzene rings is 2. The lowest BCUT2D eigenvalue weighted by atomic mass is 9.91. The number of ether oxygens (including phenoxy) is 1. The minimum atomic E-state index is -0.601. The minimum Gasteiger partial charge on any atom is -0.465 e. The number of hydrogen-bond acceptors (Lipinski definition) is 4. The number of rotatable bonds is 3. The summed E-state index contributed by atoms with van der Waals surface area (Å²) in [7, 11) is 1.27. The number of carbonyl (C=O) groups is 1. The van der Waals surface area contributed by atoms with Crippen LogP contribution in [-0.4, -0.2) is 24.5 Å². The van der Waals surface area contributed by atoms with Gasteiger partial charge in [-0.25, -0.2) is 4.79 Å². The number of esters is 1. The summed E-state index contributed by atoms with van der Waals surface area (Å²) in [6, 6.07) is 17.9. The second-order valence-corrected chi connectivity index (χ2v) is 5.38. The van der Waals surface area contributed by atoms with Crippen LogP contribution in [0.15, 0.2) is 72.3 Å². The van der Waals surface area contributed by atoms with Crippen molar-refractivity contribution < 1.29 is 9.53 Å². The molecule has 0 unspecified atom stereocenters. The molecule has 2 aromatic rings. The average Bonchev–Trinajstić information content (AvgIpc) is 2.64. The molecule has 0 saturated carbocycles. The maximum atomic E-state index is 11.8. The molecule has 0 heterocycles. The first-order valence-electron chi connectivity index (χ1n) is 7.45. The van der Waals surface area contributed by atoms with Crippen LogP contribution in [0.2, 0.25) is 0 Å². The fraction of sp³-hybridized carbons (Fsp3) is 0.0500. The molecule has 3 rings (SSSR count). The molecule has 0 radical (unpaired) electrons. The van der Waals surface area contributed by atoms with E-state index in [9.17, 15) is 4.79 Å². The SMILES string of the molecule is COC(=O)C1=CC(c2ccc(-c3ccccc3)cc2)=CC(=N)C1=N. The zero-order chi connectivity index (χ0) is 17.1. The molecule has 24 heavy (non-hydrogen) atoms. The van der Waals surface area contributed by atoms with Gasteiger partial charge >= 0.3 is 5.97 Å². The summed E-state index contributed by atoms with van der Waals surface area (Å²) in [5, 5.41) is 15.7. The largest absolute Gasteiger partial charge is 0.465 e. The lowest BCUT2D eigenvalue weighted by molar-refractivity contribution is -0.135. The highest BCUT2D eigenvalue weighted by Crippen LogP contribution is 2.26. The lowest BCUT2D eigenvalue weighted by Gasteiger charge is -2.15. The summed E-state index contributed by atoms with van der Waals surface area (Å²) < 4.78 is 4.70. The Morgan fingerprint density at radius 3 is 2.04 bits per heavy atom. The third-order valence-corrected chi connectivity index (χ3v) is 3.87. The fourth-order valence-electron chi connectivity index (χ4n) is 2.57. The molecule has 1 aliphatic rings. The van der Waals surface area contributed by atoms with Gasteiger partial charge in [0.05, 0.1) is 24.1 Å². The summed E-state index contributed by atoms with van der Waals surface area (Å²) in [4.78, 5) is 11.8.